The molecule has 0 atom stereocenters. The molecule has 1 amide bonds. The number of ether oxygens (including phenoxy) is 1. The van der Waals surface area contributed by atoms with Gasteiger partial charge in [-0.25, -0.2) is 0 Å². The highest BCUT2D eigenvalue weighted by atomic mass is 16.5. The van der Waals surface area contributed by atoms with Crippen molar-refractivity contribution in [1.29, 1.82) is 0 Å². The first kappa shape index (κ1) is 13.9. The summed E-state index contributed by atoms with van der Waals surface area (Å²) in [6.07, 6.45) is 3.26. The van der Waals surface area contributed by atoms with Gasteiger partial charge in [0.2, 0.25) is 5.91 Å². The average molecular weight is 267 g/mol. The van der Waals surface area contributed by atoms with E-state index in [0.29, 0.717) is 0 Å². The van der Waals surface area contributed by atoms with E-state index in [2.05, 4.69) is 5.32 Å². The zero-order valence-corrected chi connectivity index (χ0v) is 11.6. The van der Waals surface area contributed by atoms with Crippen molar-refractivity contribution in [1.82, 2.24) is 0 Å². The molecule has 0 spiro atoms. The third-order valence-corrected chi connectivity index (χ3v) is 2.84. The quantitative estimate of drug-likeness (QED) is 0.859. The second-order valence-electron chi connectivity index (χ2n) is 4.43. The van der Waals surface area contributed by atoms with Crippen LogP contribution >= 0.6 is 0 Å². The molecule has 0 fully saturated rings. The van der Waals surface area contributed by atoms with Gasteiger partial charge in [-0.15, -0.1) is 0 Å². The molecule has 20 heavy (non-hydrogen) atoms. The second kappa shape index (κ2) is 6.57. The lowest BCUT2D eigenvalue weighted by Gasteiger charge is -2.05. The Morgan fingerprint density at radius 2 is 1.90 bits per heavy atom. The van der Waals surface area contributed by atoms with Gasteiger partial charge in [0.1, 0.15) is 5.75 Å². The van der Waals surface area contributed by atoms with Crippen LogP contribution < -0.4 is 10.1 Å². The van der Waals surface area contributed by atoms with E-state index in [-0.39, 0.29) is 5.91 Å². The summed E-state index contributed by atoms with van der Waals surface area (Å²) in [5.41, 5.74) is 2.78. The number of methoxy groups -OCH3 is 1. The molecule has 0 saturated heterocycles. The standard InChI is InChI=1S/C17H17NO2/c1-13-8-10-16(20-2)14(12-13)9-11-17(19)18-15-6-4-3-5-7-15/h3-12H,1-2H3,(H,18,19)/b11-9+. The largest absolute Gasteiger partial charge is 0.496 e. The summed E-state index contributed by atoms with van der Waals surface area (Å²) >= 11 is 0. The molecular formula is C17H17NO2. The zero-order chi connectivity index (χ0) is 14.4. The highest BCUT2D eigenvalue weighted by Gasteiger charge is 2.01. The Balaban J connectivity index is 2.09. The smallest absolute Gasteiger partial charge is 0.248 e. The van der Waals surface area contributed by atoms with Gasteiger partial charge < -0.3 is 10.1 Å². The van der Waals surface area contributed by atoms with Crippen LogP contribution in [0.4, 0.5) is 5.69 Å². The number of para-hydroxylation sites is 1. The summed E-state index contributed by atoms with van der Waals surface area (Å²) < 4.78 is 5.27. The number of aryl methyl sites for hydroxylation is 1. The fraction of sp³-hybridized carbons (Fsp3) is 0.118. The van der Waals surface area contributed by atoms with E-state index in [1.54, 1.807) is 13.2 Å². The van der Waals surface area contributed by atoms with Crippen LogP contribution in [0.2, 0.25) is 0 Å². The summed E-state index contributed by atoms with van der Waals surface area (Å²) in [7, 11) is 1.62. The monoisotopic (exact) mass is 267 g/mol. The van der Waals surface area contributed by atoms with Gasteiger partial charge >= 0.3 is 0 Å². The van der Waals surface area contributed by atoms with E-state index in [1.807, 2.05) is 55.5 Å². The van der Waals surface area contributed by atoms with Gasteiger partial charge in [-0.1, -0.05) is 29.8 Å². The summed E-state index contributed by atoms with van der Waals surface area (Å²) in [6, 6.07) is 15.2. The van der Waals surface area contributed by atoms with Gasteiger partial charge in [-0.3, -0.25) is 4.79 Å². The molecule has 0 heterocycles. The van der Waals surface area contributed by atoms with Crippen molar-refractivity contribution in [3.8, 4) is 5.75 Å². The number of benzene rings is 2. The molecule has 2 rings (SSSR count). The molecular weight excluding hydrogens is 250 g/mol. The van der Waals surface area contributed by atoms with Gasteiger partial charge in [0.05, 0.1) is 7.11 Å². The number of amides is 1. The first-order valence-corrected chi connectivity index (χ1v) is 6.38. The highest BCUT2D eigenvalue weighted by molar-refractivity contribution is 6.02. The number of nitrogens with one attached hydrogen (secondary N) is 1. The van der Waals surface area contributed by atoms with Gasteiger partial charge in [0.15, 0.2) is 0 Å². The van der Waals surface area contributed by atoms with Crippen molar-refractivity contribution in [2.45, 2.75) is 6.92 Å². The minimum absolute atomic E-state index is 0.167. The predicted octanol–water partition coefficient (Wildman–Crippen LogP) is 3.66. The molecule has 0 saturated carbocycles. The molecule has 0 aliphatic heterocycles. The van der Waals surface area contributed by atoms with Gasteiger partial charge in [-0.2, -0.15) is 0 Å². The molecule has 2 aromatic carbocycles. The number of rotatable bonds is 4. The molecule has 3 nitrogen and oxygen atoms in total. The molecule has 0 unspecified atom stereocenters. The molecule has 102 valence electrons. The Morgan fingerprint density at radius 3 is 2.60 bits per heavy atom. The fourth-order valence-corrected chi connectivity index (χ4v) is 1.85. The number of hydrogen-bond acceptors (Lipinski definition) is 2. The Bertz CT molecular complexity index is 618. The third-order valence-electron chi connectivity index (χ3n) is 2.84. The Kier molecular flexibility index (Phi) is 4.56. The fourth-order valence-electron chi connectivity index (χ4n) is 1.85. The first-order valence-electron chi connectivity index (χ1n) is 6.38. The average Bonchev–Trinajstić information content (AvgIpc) is 2.46. The highest BCUT2D eigenvalue weighted by Crippen LogP contribution is 2.21. The van der Waals surface area contributed by atoms with Crippen molar-refractivity contribution in [2.24, 2.45) is 0 Å². The summed E-state index contributed by atoms with van der Waals surface area (Å²) in [5, 5.41) is 2.80. The number of carbonyl (C=O) groups is 1. The SMILES string of the molecule is COc1ccc(C)cc1/C=C/C(=O)Nc1ccccc1. The predicted molar refractivity (Wildman–Crippen MR) is 81.8 cm³/mol. The van der Waals surface area contributed by atoms with Crippen molar-refractivity contribution < 1.29 is 9.53 Å². The van der Waals surface area contributed by atoms with Crippen molar-refractivity contribution in [3.05, 3.63) is 65.7 Å². The van der Waals surface area contributed by atoms with Gasteiger partial charge in [0, 0.05) is 17.3 Å². The lowest BCUT2D eigenvalue weighted by atomic mass is 10.1. The maximum Gasteiger partial charge on any atom is 0.248 e. The van der Waals surface area contributed by atoms with Crippen LogP contribution in [0, 0.1) is 6.92 Å². The zero-order valence-electron chi connectivity index (χ0n) is 11.6. The third kappa shape index (κ3) is 3.72. The number of anilines is 1. The summed E-state index contributed by atoms with van der Waals surface area (Å²) in [6.45, 7) is 2.00. The van der Waals surface area contributed by atoms with Crippen molar-refractivity contribution in [2.75, 3.05) is 12.4 Å². The van der Waals surface area contributed by atoms with E-state index in [9.17, 15) is 4.79 Å². The molecule has 0 aliphatic rings. The van der Waals surface area contributed by atoms with Crippen LogP contribution in [0.15, 0.2) is 54.6 Å². The minimum Gasteiger partial charge on any atom is -0.496 e. The number of carbonyl (C=O) groups excluding carboxylic acids is 1. The van der Waals surface area contributed by atoms with E-state index in [1.165, 1.54) is 6.08 Å². The van der Waals surface area contributed by atoms with Gasteiger partial charge in [-0.05, 0) is 37.3 Å². The van der Waals surface area contributed by atoms with E-state index >= 15 is 0 Å². The van der Waals surface area contributed by atoms with Crippen LogP contribution in [0.25, 0.3) is 6.08 Å². The van der Waals surface area contributed by atoms with E-state index < -0.39 is 0 Å². The van der Waals surface area contributed by atoms with Crippen molar-refractivity contribution in [3.63, 3.8) is 0 Å². The molecule has 3 heteroatoms. The topological polar surface area (TPSA) is 38.3 Å². The van der Waals surface area contributed by atoms with Crippen LogP contribution in [-0.4, -0.2) is 13.0 Å². The van der Waals surface area contributed by atoms with Crippen molar-refractivity contribution >= 4 is 17.7 Å². The first-order chi connectivity index (χ1) is 9.69. The molecule has 1 N–H and O–H groups in total. The Labute approximate surface area is 118 Å². The summed E-state index contributed by atoms with van der Waals surface area (Å²) in [4.78, 5) is 11.8. The molecule has 0 aromatic heterocycles. The molecule has 0 radical (unpaired) electrons. The Hall–Kier alpha value is -2.55. The van der Waals surface area contributed by atoms with E-state index in [4.69, 9.17) is 4.74 Å². The Morgan fingerprint density at radius 1 is 1.15 bits per heavy atom. The maximum absolute atomic E-state index is 11.8. The lowest BCUT2D eigenvalue weighted by Crippen LogP contribution is -2.07. The maximum atomic E-state index is 11.8. The summed E-state index contributed by atoms with van der Waals surface area (Å²) in [5.74, 6) is 0.583. The second-order valence-corrected chi connectivity index (χ2v) is 4.43. The van der Waals surface area contributed by atoms with Crippen LogP contribution in [-0.2, 0) is 4.79 Å². The van der Waals surface area contributed by atoms with Crippen LogP contribution in [0.5, 0.6) is 5.75 Å². The molecule has 0 aliphatic carbocycles. The van der Waals surface area contributed by atoms with Gasteiger partial charge in [0.25, 0.3) is 0 Å². The minimum atomic E-state index is -0.167. The van der Waals surface area contributed by atoms with Crippen LogP contribution in [0.3, 0.4) is 0 Å². The molecule has 0 bridgehead atoms. The normalized spacial score (nSPS) is 10.5. The van der Waals surface area contributed by atoms with Crippen LogP contribution in [0.1, 0.15) is 11.1 Å². The molecule has 2 aromatic rings. The lowest BCUT2D eigenvalue weighted by molar-refractivity contribution is -0.111. The van der Waals surface area contributed by atoms with E-state index in [0.717, 1.165) is 22.6 Å². The number of hydrogen-bond donors (Lipinski definition) is 1.